The van der Waals surface area contributed by atoms with Crippen molar-refractivity contribution < 1.29 is 4.79 Å². The number of hydrogen-bond donors (Lipinski definition) is 2. The first-order valence-corrected chi connectivity index (χ1v) is 8.18. The van der Waals surface area contributed by atoms with Gasteiger partial charge in [-0.05, 0) is 15.9 Å². The van der Waals surface area contributed by atoms with Gasteiger partial charge in [-0.1, -0.05) is 60.7 Å². The van der Waals surface area contributed by atoms with E-state index in [4.69, 9.17) is 0 Å². The number of H-pyrrole nitrogens is 1. The quantitative estimate of drug-likeness (QED) is 0.393. The first kappa shape index (κ1) is 16.8. The number of carbonyl (C=O) groups excluding carboxylic acids is 1. The van der Waals surface area contributed by atoms with Crippen molar-refractivity contribution in [1.29, 1.82) is 0 Å². The number of Topliss-reactive ketones (excluding diaryl/α,β-unsaturated/α-hetero) is 1. The van der Waals surface area contributed by atoms with Crippen LogP contribution in [0.15, 0.2) is 81.2 Å². The number of nitrogens with zero attached hydrogens (tertiary/aromatic N) is 2. The largest absolute Gasteiger partial charge is 0.287 e. The number of anilines is 1. The molecule has 1 aromatic heterocycles. The van der Waals surface area contributed by atoms with Gasteiger partial charge in [-0.3, -0.25) is 15.0 Å². The summed E-state index contributed by atoms with van der Waals surface area (Å²) in [6.07, 6.45) is 1.41. The number of nitrogens with one attached hydrogen (secondary N) is 2. The lowest BCUT2D eigenvalue weighted by Crippen LogP contribution is -2.18. The van der Waals surface area contributed by atoms with Crippen molar-refractivity contribution in [3.63, 3.8) is 0 Å². The van der Waals surface area contributed by atoms with E-state index in [2.05, 4.69) is 36.7 Å². The third-order valence-electron chi connectivity index (χ3n) is 3.38. The van der Waals surface area contributed by atoms with E-state index in [-0.39, 0.29) is 16.0 Å². The first-order chi connectivity index (χ1) is 12.2. The molecular weight excluding hydrogens is 384 g/mol. The zero-order chi connectivity index (χ0) is 17.6. The lowest BCUT2D eigenvalue weighted by atomic mass is 10.0. The number of hydrogen-bond acceptors (Lipinski definition) is 5. The molecule has 2 N–H and O–H groups in total. The summed E-state index contributed by atoms with van der Waals surface area (Å²) in [4.78, 5) is 24.4. The molecule has 0 spiro atoms. The molecular formula is C18H13BrN4O2. The lowest BCUT2D eigenvalue weighted by Gasteiger charge is -2.08. The Labute approximate surface area is 151 Å². The number of rotatable bonds is 5. The Balaban J connectivity index is 2.01. The van der Waals surface area contributed by atoms with Gasteiger partial charge in [0.05, 0.1) is 11.9 Å². The smallest absolute Gasteiger partial charge is 0.280 e. The fourth-order valence-electron chi connectivity index (χ4n) is 2.15. The molecule has 1 heterocycles. The Morgan fingerprint density at radius 3 is 2.24 bits per heavy atom. The second-order valence-corrected chi connectivity index (χ2v) is 5.85. The molecule has 0 aliphatic heterocycles. The van der Waals surface area contributed by atoms with Crippen molar-refractivity contribution >= 4 is 33.1 Å². The molecule has 0 amide bonds. The van der Waals surface area contributed by atoms with Crippen LogP contribution >= 0.6 is 15.9 Å². The second-order valence-electron chi connectivity index (χ2n) is 5.06. The normalized spacial score (nSPS) is 11.2. The molecule has 25 heavy (non-hydrogen) atoms. The summed E-state index contributed by atoms with van der Waals surface area (Å²) in [6.45, 7) is 0. The van der Waals surface area contributed by atoms with Crippen molar-refractivity contribution in [1.82, 2.24) is 10.2 Å². The fraction of sp³-hybridized carbons (Fsp3) is 0. The molecule has 0 unspecified atom stereocenters. The van der Waals surface area contributed by atoms with Crippen molar-refractivity contribution in [3.8, 4) is 0 Å². The summed E-state index contributed by atoms with van der Waals surface area (Å²) in [7, 11) is 0. The van der Waals surface area contributed by atoms with Crippen molar-refractivity contribution in [3.05, 3.63) is 92.8 Å². The molecule has 0 saturated heterocycles. The Morgan fingerprint density at radius 2 is 1.60 bits per heavy atom. The maximum atomic E-state index is 12.9. The van der Waals surface area contributed by atoms with E-state index in [1.165, 1.54) is 6.20 Å². The van der Waals surface area contributed by atoms with Crippen LogP contribution in [0.3, 0.4) is 0 Å². The van der Waals surface area contributed by atoms with Gasteiger partial charge in [0.1, 0.15) is 10.2 Å². The summed E-state index contributed by atoms with van der Waals surface area (Å²) in [5.41, 5.74) is 4.13. The molecule has 0 aliphatic carbocycles. The summed E-state index contributed by atoms with van der Waals surface area (Å²) in [5, 5.41) is 10.3. The minimum Gasteiger partial charge on any atom is -0.287 e. The number of benzene rings is 2. The number of aromatic nitrogens is 2. The van der Waals surface area contributed by atoms with Gasteiger partial charge in [0.25, 0.3) is 5.56 Å². The Bertz CT molecular complexity index is 969. The van der Waals surface area contributed by atoms with Crippen molar-refractivity contribution in [2.45, 2.75) is 0 Å². The first-order valence-electron chi connectivity index (χ1n) is 7.39. The molecule has 124 valence electrons. The van der Waals surface area contributed by atoms with Crippen LogP contribution < -0.4 is 11.0 Å². The molecule has 0 radical (unpaired) electrons. The SMILES string of the molecule is O=C(/C(=N\Nc1cn[nH]c(=O)c1Br)c1ccccc1)c1ccccc1. The third kappa shape index (κ3) is 3.89. The maximum Gasteiger partial charge on any atom is 0.280 e. The van der Waals surface area contributed by atoms with Crippen LogP contribution in [0.4, 0.5) is 5.69 Å². The highest BCUT2D eigenvalue weighted by Crippen LogP contribution is 2.16. The fourth-order valence-corrected chi connectivity index (χ4v) is 2.43. The number of ketones is 1. The van der Waals surface area contributed by atoms with E-state index < -0.39 is 5.56 Å². The highest BCUT2D eigenvalue weighted by molar-refractivity contribution is 9.10. The Morgan fingerprint density at radius 1 is 1.00 bits per heavy atom. The van der Waals surface area contributed by atoms with Crippen LogP contribution in [0.1, 0.15) is 15.9 Å². The summed E-state index contributed by atoms with van der Waals surface area (Å²) in [6, 6.07) is 18.0. The average molecular weight is 397 g/mol. The van der Waals surface area contributed by atoms with E-state index in [0.29, 0.717) is 16.8 Å². The highest BCUT2D eigenvalue weighted by atomic mass is 79.9. The minimum atomic E-state index is -0.393. The average Bonchev–Trinajstić information content (AvgIpc) is 2.66. The predicted octanol–water partition coefficient (Wildman–Crippen LogP) is 3.23. The molecule has 7 heteroatoms. The lowest BCUT2D eigenvalue weighted by molar-refractivity contribution is 0.106. The maximum absolute atomic E-state index is 12.9. The van der Waals surface area contributed by atoms with E-state index >= 15 is 0 Å². The number of aromatic amines is 1. The van der Waals surface area contributed by atoms with Crippen LogP contribution in [-0.2, 0) is 0 Å². The van der Waals surface area contributed by atoms with Gasteiger partial charge in [-0.2, -0.15) is 10.2 Å². The van der Waals surface area contributed by atoms with Gasteiger partial charge in [0.2, 0.25) is 5.78 Å². The van der Waals surface area contributed by atoms with Crippen molar-refractivity contribution in [2.75, 3.05) is 5.43 Å². The number of hydrazone groups is 1. The standard InChI is InChI=1S/C18H13BrN4O2/c19-15-14(11-20-23-18(15)25)21-22-16(12-7-3-1-4-8-12)17(24)13-9-5-2-6-10-13/h1-11H,(H2,21,23,25)/b22-16-. The molecule has 3 rings (SSSR count). The van der Waals surface area contributed by atoms with E-state index in [0.717, 1.165) is 0 Å². The molecule has 2 aromatic carbocycles. The molecule has 3 aromatic rings. The monoisotopic (exact) mass is 396 g/mol. The van der Waals surface area contributed by atoms with E-state index in [1.807, 2.05) is 24.3 Å². The van der Waals surface area contributed by atoms with Crippen molar-refractivity contribution in [2.24, 2.45) is 5.10 Å². The van der Waals surface area contributed by atoms with E-state index in [1.54, 1.807) is 36.4 Å². The number of carbonyl (C=O) groups is 1. The van der Waals surface area contributed by atoms with Gasteiger partial charge >= 0.3 is 0 Å². The zero-order valence-electron chi connectivity index (χ0n) is 12.9. The summed E-state index contributed by atoms with van der Waals surface area (Å²) < 4.78 is 0.255. The van der Waals surface area contributed by atoms with Gasteiger partial charge in [0.15, 0.2) is 0 Å². The van der Waals surface area contributed by atoms with Crippen LogP contribution in [0.25, 0.3) is 0 Å². The molecule has 0 bridgehead atoms. The van der Waals surface area contributed by atoms with Gasteiger partial charge in [-0.25, -0.2) is 5.10 Å². The van der Waals surface area contributed by atoms with Crippen LogP contribution in [0, 0.1) is 0 Å². The summed E-state index contributed by atoms with van der Waals surface area (Å²) in [5.74, 6) is -0.228. The van der Waals surface area contributed by atoms with E-state index in [9.17, 15) is 9.59 Å². The molecule has 6 nitrogen and oxygen atoms in total. The van der Waals surface area contributed by atoms with Crippen LogP contribution in [0.2, 0.25) is 0 Å². The molecule has 0 fully saturated rings. The predicted molar refractivity (Wildman–Crippen MR) is 99.9 cm³/mol. The topological polar surface area (TPSA) is 87.2 Å². The Kier molecular flexibility index (Phi) is 5.15. The van der Waals surface area contributed by atoms with Gasteiger partial charge in [-0.15, -0.1) is 0 Å². The van der Waals surface area contributed by atoms with Gasteiger partial charge in [0, 0.05) is 11.1 Å². The molecule has 0 atom stereocenters. The second kappa shape index (κ2) is 7.67. The Hall–Kier alpha value is -3.06. The number of halogens is 1. The van der Waals surface area contributed by atoms with Crippen LogP contribution in [-0.4, -0.2) is 21.7 Å². The zero-order valence-corrected chi connectivity index (χ0v) is 14.5. The van der Waals surface area contributed by atoms with Crippen LogP contribution in [0.5, 0.6) is 0 Å². The van der Waals surface area contributed by atoms with Gasteiger partial charge < -0.3 is 0 Å². The summed E-state index contributed by atoms with van der Waals surface area (Å²) >= 11 is 3.17. The third-order valence-corrected chi connectivity index (χ3v) is 4.17. The minimum absolute atomic E-state index is 0.228. The molecule has 0 saturated carbocycles. The molecule has 0 aliphatic rings. The highest BCUT2D eigenvalue weighted by Gasteiger charge is 2.16.